The lowest BCUT2D eigenvalue weighted by Gasteiger charge is -2.24. The summed E-state index contributed by atoms with van der Waals surface area (Å²) in [5.74, 6) is -1.35. The first kappa shape index (κ1) is 33.6. The van der Waals surface area contributed by atoms with E-state index >= 15 is 0 Å². The van der Waals surface area contributed by atoms with Crippen molar-refractivity contribution in [1.82, 2.24) is 35.5 Å². The van der Waals surface area contributed by atoms with E-state index in [1.165, 1.54) is 0 Å². The average Bonchev–Trinajstić information content (AvgIpc) is 3.44. The van der Waals surface area contributed by atoms with Crippen LogP contribution in [0, 0.1) is 12.8 Å². The van der Waals surface area contributed by atoms with Crippen molar-refractivity contribution in [2.75, 3.05) is 12.3 Å². The quantitative estimate of drug-likeness (QED) is 0.114. The first-order valence-electron chi connectivity index (χ1n) is 15.2. The van der Waals surface area contributed by atoms with E-state index in [1.54, 1.807) is 17.8 Å². The number of carbonyl (C=O) groups excluding carboxylic acids is 4. The molecule has 2 aromatic heterocycles. The molecular formula is C33H40N8O5. The van der Waals surface area contributed by atoms with Gasteiger partial charge in [-0.2, -0.15) is 0 Å². The SMILES string of the molecule is Cc1nc(N)c2ncn(CCCNC(=O)C(=O)[C@H](Cc3ccccc3)NC(=O)[C@H](CC(C)C)NC(=O)OCc3ccccc3)c2n1. The number of Topliss-reactive ketones (excluding diaryl/α,β-unsaturated/α-hetero) is 1. The van der Waals surface area contributed by atoms with Gasteiger partial charge in [-0.3, -0.25) is 14.4 Å². The number of hydrogen-bond acceptors (Lipinski definition) is 9. The lowest BCUT2D eigenvalue weighted by atomic mass is 9.99. The minimum atomic E-state index is -1.16. The normalized spacial score (nSPS) is 12.3. The number of nitrogens with zero attached hydrogens (tertiary/aromatic N) is 4. The summed E-state index contributed by atoms with van der Waals surface area (Å²) in [6, 6.07) is 16.1. The van der Waals surface area contributed by atoms with Gasteiger partial charge in [-0.1, -0.05) is 74.5 Å². The summed E-state index contributed by atoms with van der Waals surface area (Å²) in [6.07, 6.45) is 1.71. The third kappa shape index (κ3) is 9.58. The van der Waals surface area contributed by atoms with Crippen molar-refractivity contribution in [2.24, 2.45) is 5.92 Å². The largest absolute Gasteiger partial charge is 0.445 e. The number of hydrogen-bond donors (Lipinski definition) is 4. The molecular weight excluding hydrogens is 588 g/mol. The number of aromatic nitrogens is 4. The van der Waals surface area contributed by atoms with Crippen molar-refractivity contribution in [2.45, 2.75) is 65.3 Å². The second-order valence-electron chi connectivity index (χ2n) is 11.4. The van der Waals surface area contributed by atoms with Crippen LogP contribution in [-0.2, 0) is 38.7 Å². The van der Waals surface area contributed by atoms with Gasteiger partial charge in [0.2, 0.25) is 11.7 Å². The van der Waals surface area contributed by atoms with Crippen molar-refractivity contribution in [3.8, 4) is 0 Å². The number of carbonyl (C=O) groups is 4. The van der Waals surface area contributed by atoms with Crippen molar-refractivity contribution in [3.05, 3.63) is 83.9 Å². The predicted octanol–water partition coefficient (Wildman–Crippen LogP) is 2.86. The van der Waals surface area contributed by atoms with E-state index in [0.29, 0.717) is 42.2 Å². The highest BCUT2D eigenvalue weighted by Crippen LogP contribution is 2.16. The highest BCUT2D eigenvalue weighted by molar-refractivity contribution is 6.38. The fourth-order valence-corrected chi connectivity index (χ4v) is 4.88. The number of nitrogens with one attached hydrogen (secondary N) is 3. The van der Waals surface area contributed by atoms with Crippen molar-refractivity contribution in [1.29, 1.82) is 0 Å². The molecule has 2 atom stereocenters. The summed E-state index contributed by atoms with van der Waals surface area (Å²) in [7, 11) is 0. The van der Waals surface area contributed by atoms with Crippen LogP contribution in [0.2, 0.25) is 0 Å². The van der Waals surface area contributed by atoms with Gasteiger partial charge in [0.05, 0.1) is 6.33 Å². The molecule has 2 heterocycles. The minimum Gasteiger partial charge on any atom is -0.445 e. The molecule has 13 heteroatoms. The van der Waals surface area contributed by atoms with Crippen molar-refractivity contribution in [3.63, 3.8) is 0 Å². The van der Waals surface area contributed by atoms with E-state index in [0.717, 1.165) is 11.1 Å². The van der Waals surface area contributed by atoms with Crippen LogP contribution in [0.15, 0.2) is 67.0 Å². The van der Waals surface area contributed by atoms with E-state index in [9.17, 15) is 19.2 Å². The van der Waals surface area contributed by atoms with Gasteiger partial charge in [-0.05, 0) is 36.8 Å². The van der Waals surface area contributed by atoms with E-state index in [2.05, 4.69) is 30.9 Å². The van der Waals surface area contributed by atoms with Crippen LogP contribution in [-0.4, -0.2) is 61.8 Å². The number of nitrogen functional groups attached to an aromatic ring is 1. The van der Waals surface area contributed by atoms with Gasteiger partial charge in [0.1, 0.15) is 30.0 Å². The Morgan fingerprint density at radius 2 is 1.59 bits per heavy atom. The zero-order valence-corrected chi connectivity index (χ0v) is 26.2. The molecule has 0 unspecified atom stereocenters. The van der Waals surface area contributed by atoms with Gasteiger partial charge in [0.15, 0.2) is 11.5 Å². The van der Waals surface area contributed by atoms with Crippen LogP contribution < -0.4 is 21.7 Å². The highest BCUT2D eigenvalue weighted by Gasteiger charge is 2.31. The lowest BCUT2D eigenvalue weighted by molar-refractivity contribution is -0.140. The Hall–Kier alpha value is -5.33. The van der Waals surface area contributed by atoms with E-state index in [-0.39, 0.29) is 25.5 Å². The Morgan fingerprint density at radius 1 is 0.913 bits per heavy atom. The van der Waals surface area contributed by atoms with Gasteiger partial charge in [-0.15, -0.1) is 0 Å². The molecule has 13 nitrogen and oxygen atoms in total. The second kappa shape index (κ2) is 16.1. The number of anilines is 1. The summed E-state index contributed by atoms with van der Waals surface area (Å²) in [4.78, 5) is 65.3. The van der Waals surface area contributed by atoms with Gasteiger partial charge in [-0.25, -0.2) is 19.7 Å². The maximum atomic E-state index is 13.5. The zero-order valence-electron chi connectivity index (χ0n) is 26.2. The van der Waals surface area contributed by atoms with Gasteiger partial charge < -0.3 is 31.0 Å². The van der Waals surface area contributed by atoms with Crippen LogP contribution in [0.5, 0.6) is 0 Å². The van der Waals surface area contributed by atoms with Crippen LogP contribution in [0.1, 0.15) is 43.6 Å². The van der Waals surface area contributed by atoms with E-state index < -0.39 is 35.8 Å². The summed E-state index contributed by atoms with van der Waals surface area (Å²) < 4.78 is 7.12. The second-order valence-corrected chi connectivity index (χ2v) is 11.4. The maximum Gasteiger partial charge on any atom is 0.408 e. The Morgan fingerprint density at radius 3 is 2.26 bits per heavy atom. The Labute approximate surface area is 267 Å². The molecule has 0 aliphatic rings. The topological polar surface area (TPSA) is 183 Å². The molecule has 46 heavy (non-hydrogen) atoms. The third-order valence-electron chi connectivity index (χ3n) is 7.13. The standard InChI is InChI=1S/C33H40N8O5/c1-21(2)17-26(40-33(45)46-19-24-13-8-5-9-14-24)31(43)39-25(18-23-11-6-4-7-12-23)28(42)32(44)35-15-10-16-41-20-36-27-29(34)37-22(3)38-30(27)41/h4-9,11-14,20-21,25-26H,10,15-19H2,1-3H3,(H,35,44)(H,39,43)(H,40,45)(H2,34,37,38)/t25-,26-/m0/s1. The van der Waals surface area contributed by atoms with Crippen LogP contribution >= 0.6 is 0 Å². The third-order valence-corrected chi connectivity index (χ3v) is 7.13. The maximum absolute atomic E-state index is 13.5. The number of nitrogens with two attached hydrogens (primary N) is 1. The number of ketones is 1. The molecule has 242 valence electrons. The molecule has 0 spiro atoms. The molecule has 5 N–H and O–H groups in total. The summed E-state index contributed by atoms with van der Waals surface area (Å²) in [5, 5.41) is 8.00. The first-order valence-corrected chi connectivity index (χ1v) is 15.2. The van der Waals surface area contributed by atoms with Gasteiger partial charge in [0.25, 0.3) is 5.91 Å². The van der Waals surface area contributed by atoms with Crippen LogP contribution in [0.25, 0.3) is 11.2 Å². The molecule has 0 saturated carbocycles. The molecule has 4 aromatic rings. The van der Waals surface area contributed by atoms with Crippen molar-refractivity contribution < 1.29 is 23.9 Å². The van der Waals surface area contributed by atoms with E-state index in [1.807, 2.05) is 74.5 Å². The number of imidazole rings is 1. The zero-order chi connectivity index (χ0) is 33.1. The van der Waals surface area contributed by atoms with E-state index in [4.69, 9.17) is 10.5 Å². The summed E-state index contributed by atoms with van der Waals surface area (Å²) >= 11 is 0. The molecule has 0 fully saturated rings. The molecule has 3 amide bonds. The van der Waals surface area contributed by atoms with Crippen LogP contribution in [0.4, 0.5) is 10.6 Å². The van der Waals surface area contributed by atoms with Gasteiger partial charge in [0, 0.05) is 19.5 Å². The van der Waals surface area contributed by atoms with Gasteiger partial charge >= 0.3 is 6.09 Å². The number of benzene rings is 2. The smallest absolute Gasteiger partial charge is 0.408 e. The number of rotatable bonds is 15. The van der Waals surface area contributed by atoms with Crippen LogP contribution in [0.3, 0.4) is 0 Å². The average molecular weight is 629 g/mol. The molecule has 0 saturated heterocycles. The fraction of sp³-hybridized carbons (Fsp3) is 0.364. The molecule has 4 rings (SSSR count). The fourth-order valence-electron chi connectivity index (χ4n) is 4.88. The van der Waals surface area contributed by atoms with Crippen molar-refractivity contribution >= 4 is 40.7 Å². The number of ether oxygens (including phenoxy) is 1. The number of aryl methyl sites for hydroxylation is 2. The Kier molecular flexibility index (Phi) is 11.8. The molecule has 0 aliphatic carbocycles. The predicted molar refractivity (Wildman–Crippen MR) is 172 cm³/mol. The minimum absolute atomic E-state index is 0.0381. The Bertz CT molecular complexity index is 1640. The monoisotopic (exact) mass is 628 g/mol. The Balaban J connectivity index is 1.38. The number of alkyl carbamates (subject to hydrolysis) is 1. The molecule has 0 aliphatic heterocycles. The molecule has 0 radical (unpaired) electrons. The lowest BCUT2D eigenvalue weighted by Crippen LogP contribution is -2.55. The number of amides is 3. The molecule has 0 bridgehead atoms. The first-order chi connectivity index (χ1) is 22.1. The number of fused-ring (bicyclic) bond motifs is 1. The summed E-state index contributed by atoms with van der Waals surface area (Å²) in [5.41, 5.74) is 8.59. The molecule has 2 aromatic carbocycles. The summed E-state index contributed by atoms with van der Waals surface area (Å²) in [6.45, 7) is 6.26. The highest BCUT2D eigenvalue weighted by atomic mass is 16.5.